The molecular weight excluding hydrogens is 154 g/mol. The van der Waals surface area contributed by atoms with Crippen molar-refractivity contribution in [2.75, 3.05) is 13.7 Å². The van der Waals surface area contributed by atoms with Crippen LogP contribution in [0.1, 0.15) is 19.8 Å². The van der Waals surface area contributed by atoms with E-state index in [1.54, 1.807) is 0 Å². The van der Waals surface area contributed by atoms with Gasteiger partial charge in [0.1, 0.15) is 0 Å². The van der Waals surface area contributed by atoms with Gasteiger partial charge in [0.15, 0.2) is 0 Å². The number of carbonyl (C=O) groups is 1. The molecule has 1 aliphatic rings. The van der Waals surface area contributed by atoms with Crippen LogP contribution in [0.4, 0.5) is 0 Å². The van der Waals surface area contributed by atoms with Crippen LogP contribution in [0.2, 0.25) is 0 Å². The topological polar surface area (TPSA) is 29.5 Å². The average molecular weight is 169 g/mol. The van der Waals surface area contributed by atoms with Crippen LogP contribution >= 0.6 is 0 Å². The lowest BCUT2D eigenvalue weighted by molar-refractivity contribution is -0.134. The van der Waals surface area contributed by atoms with E-state index in [1.165, 1.54) is 26.0 Å². The predicted octanol–water partition coefficient (Wildman–Crippen LogP) is 1.16. The highest BCUT2D eigenvalue weighted by Crippen LogP contribution is 2.16. The van der Waals surface area contributed by atoms with E-state index in [-0.39, 0.29) is 5.97 Å². The fourth-order valence-electron chi connectivity index (χ4n) is 1.40. The van der Waals surface area contributed by atoms with Crippen LogP contribution in [-0.4, -0.2) is 30.6 Å². The maximum absolute atomic E-state index is 10.7. The van der Waals surface area contributed by atoms with Gasteiger partial charge < -0.3 is 9.64 Å². The summed E-state index contributed by atoms with van der Waals surface area (Å²) >= 11 is 0. The number of hydrogen-bond donors (Lipinski definition) is 0. The zero-order chi connectivity index (χ0) is 8.97. The lowest BCUT2D eigenvalue weighted by Crippen LogP contribution is -2.20. The minimum atomic E-state index is -0.283. The number of methoxy groups -OCH3 is 1. The van der Waals surface area contributed by atoms with Crippen LogP contribution < -0.4 is 0 Å². The zero-order valence-electron chi connectivity index (χ0n) is 7.62. The Kier molecular flexibility index (Phi) is 3.14. The molecule has 3 nitrogen and oxygen atoms in total. The van der Waals surface area contributed by atoms with E-state index in [0.29, 0.717) is 6.04 Å². The average Bonchev–Trinajstić information content (AvgIpc) is 2.47. The molecule has 0 aromatic carbocycles. The lowest BCUT2D eigenvalue weighted by Gasteiger charge is -2.17. The largest absolute Gasteiger partial charge is 0.466 e. The first-order valence-electron chi connectivity index (χ1n) is 4.26. The molecule has 0 aromatic rings. The predicted molar refractivity (Wildman–Crippen MR) is 46.6 cm³/mol. The number of nitrogens with zero attached hydrogens (tertiary/aromatic N) is 1. The van der Waals surface area contributed by atoms with E-state index in [9.17, 15) is 4.79 Å². The molecule has 1 heterocycles. The standard InChI is InChI=1S/C9H15NO2/c1-8-4-3-6-10(8)7-5-9(11)12-2/h5,7-8H,3-4,6H2,1-2H3/b7-5+. The molecule has 1 rings (SSSR count). The molecule has 0 spiro atoms. The molecule has 1 fully saturated rings. The van der Waals surface area contributed by atoms with Gasteiger partial charge in [-0.2, -0.15) is 0 Å². The minimum Gasteiger partial charge on any atom is -0.466 e. The third kappa shape index (κ3) is 2.26. The van der Waals surface area contributed by atoms with Crippen LogP contribution in [0.3, 0.4) is 0 Å². The summed E-state index contributed by atoms with van der Waals surface area (Å²) in [5, 5.41) is 0. The Morgan fingerprint density at radius 2 is 2.42 bits per heavy atom. The minimum absolute atomic E-state index is 0.283. The van der Waals surface area contributed by atoms with Gasteiger partial charge in [0.2, 0.25) is 0 Å². The summed E-state index contributed by atoms with van der Waals surface area (Å²) in [6, 6.07) is 0.561. The molecule has 0 N–H and O–H groups in total. The Balaban J connectivity index is 2.39. The second-order valence-electron chi connectivity index (χ2n) is 3.07. The van der Waals surface area contributed by atoms with Crippen LogP contribution in [0.25, 0.3) is 0 Å². The number of hydrogen-bond acceptors (Lipinski definition) is 3. The Bertz CT molecular complexity index is 189. The smallest absolute Gasteiger partial charge is 0.331 e. The number of carbonyl (C=O) groups excluding carboxylic acids is 1. The third-order valence-electron chi connectivity index (χ3n) is 2.21. The summed E-state index contributed by atoms with van der Waals surface area (Å²) in [6.45, 7) is 3.21. The highest BCUT2D eigenvalue weighted by Gasteiger charge is 2.16. The Morgan fingerprint density at radius 3 is 2.92 bits per heavy atom. The second kappa shape index (κ2) is 4.14. The molecular formula is C9H15NO2. The number of ether oxygens (including phenoxy) is 1. The van der Waals surface area contributed by atoms with Crippen molar-refractivity contribution in [1.29, 1.82) is 0 Å². The number of rotatable bonds is 2. The van der Waals surface area contributed by atoms with E-state index in [0.717, 1.165) is 6.54 Å². The maximum Gasteiger partial charge on any atom is 0.331 e. The summed E-state index contributed by atoms with van der Waals surface area (Å²) in [6.07, 6.45) is 5.73. The normalized spacial score (nSPS) is 23.5. The monoisotopic (exact) mass is 169 g/mol. The molecule has 1 aliphatic heterocycles. The molecule has 1 saturated heterocycles. The SMILES string of the molecule is COC(=O)/C=C/N1CCCC1C. The van der Waals surface area contributed by atoms with Gasteiger partial charge in [0.05, 0.1) is 7.11 Å². The maximum atomic E-state index is 10.7. The van der Waals surface area contributed by atoms with Crippen molar-refractivity contribution in [3.05, 3.63) is 12.3 Å². The molecule has 0 saturated carbocycles. The van der Waals surface area contributed by atoms with Crippen molar-refractivity contribution < 1.29 is 9.53 Å². The van der Waals surface area contributed by atoms with Crippen molar-refractivity contribution in [3.8, 4) is 0 Å². The fourth-order valence-corrected chi connectivity index (χ4v) is 1.40. The van der Waals surface area contributed by atoms with Crippen molar-refractivity contribution in [3.63, 3.8) is 0 Å². The summed E-state index contributed by atoms with van der Waals surface area (Å²) in [5.41, 5.74) is 0. The molecule has 1 atom stereocenters. The highest BCUT2D eigenvalue weighted by atomic mass is 16.5. The summed E-state index contributed by atoms with van der Waals surface area (Å²) in [4.78, 5) is 12.9. The fraction of sp³-hybridized carbons (Fsp3) is 0.667. The molecule has 0 amide bonds. The first-order valence-corrected chi connectivity index (χ1v) is 4.26. The molecule has 0 aliphatic carbocycles. The molecule has 3 heteroatoms. The van der Waals surface area contributed by atoms with Gasteiger partial charge in [-0.05, 0) is 19.8 Å². The Morgan fingerprint density at radius 1 is 1.67 bits per heavy atom. The van der Waals surface area contributed by atoms with E-state index in [4.69, 9.17) is 0 Å². The highest BCUT2D eigenvalue weighted by molar-refractivity contribution is 5.81. The van der Waals surface area contributed by atoms with Gasteiger partial charge in [0, 0.05) is 24.9 Å². The van der Waals surface area contributed by atoms with Crippen LogP contribution in [0.15, 0.2) is 12.3 Å². The van der Waals surface area contributed by atoms with E-state index < -0.39 is 0 Å². The second-order valence-corrected chi connectivity index (χ2v) is 3.07. The lowest BCUT2D eigenvalue weighted by atomic mass is 10.2. The Labute approximate surface area is 73.0 Å². The first-order chi connectivity index (χ1) is 5.74. The summed E-state index contributed by atoms with van der Waals surface area (Å²) < 4.78 is 4.49. The Hall–Kier alpha value is -0.990. The molecule has 0 bridgehead atoms. The van der Waals surface area contributed by atoms with Gasteiger partial charge >= 0.3 is 5.97 Å². The number of esters is 1. The van der Waals surface area contributed by atoms with Gasteiger partial charge in [-0.25, -0.2) is 4.79 Å². The van der Waals surface area contributed by atoms with E-state index >= 15 is 0 Å². The van der Waals surface area contributed by atoms with Crippen molar-refractivity contribution in [1.82, 2.24) is 4.90 Å². The molecule has 1 unspecified atom stereocenters. The van der Waals surface area contributed by atoms with E-state index in [1.807, 2.05) is 6.20 Å². The number of likely N-dealkylation sites (tertiary alicyclic amines) is 1. The van der Waals surface area contributed by atoms with Gasteiger partial charge in [-0.15, -0.1) is 0 Å². The van der Waals surface area contributed by atoms with Gasteiger partial charge in [-0.1, -0.05) is 0 Å². The molecule has 68 valence electrons. The summed E-state index contributed by atoms with van der Waals surface area (Å²) in [5.74, 6) is -0.283. The quantitative estimate of drug-likeness (QED) is 0.459. The van der Waals surface area contributed by atoms with Crippen LogP contribution in [0, 0.1) is 0 Å². The third-order valence-corrected chi connectivity index (χ3v) is 2.21. The van der Waals surface area contributed by atoms with Crippen LogP contribution in [-0.2, 0) is 9.53 Å². The van der Waals surface area contributed by atoms with Crippen LogP contribution in [0.5, 0.6) is 0 Å². The van der Waals surface area contributed by atoms with Crippen molar-refractivity contribution >= 4 is 5.97 Å². The van der Waals surface area contributed by atoms with Crippen molar-refractivity contribution in [2.24, 2.45) is 0 Å². The zero-order valence-corrected chi connectivity index (χ0v) is 7.62. The van der Waals surface area contributed by atoms with Crippen molar-refractivity contribution in [2.45, 2.75) is 25.8 Å². The summed E-state index contributed by atoms with van der Waals surface area (Å²) in [7, 11) is 1.39. The van der Waals surface area contributed by atoms with E-state index in [2.05, 4.69) is 16.6 Å². The molecule has 0 radical (unpaired) electrons. The molecule has 0 aromatic heterocycles. The van der Waals surface area contributed by atoms with Gasteiger partial charge in [-0.3, -0.25) is 0 Å². The molecule has 12 heavy (non-hydrogen) atoms. The van der Waals surface area contributed by atoms with Gasteiger partial charge in [0.25, 0.3) is 0 Å². The first kappa shape index (κ1) is 9.10.